The highest BCUT2D eigenvalue weighted by Gasteiger charge is 2.19. The molecule has 2 heterocycles. The topological polar surface area (TPSA) is 101 Å². The quantitative estimate of drug-likeness (QED) is 0.592. The number of hydrogen-bond acceptors (Lipinski definition) is 5. The minimum atomic E-state index is -3.76. The van der Waals surface area contributed by atoms with Crippen LogP contribution in [0.5, 0.6) is 0 Å². The molecule has 0 spiro atoms. The second-order valence-corrected chi connectivity index (χ2v) is 7.00. The number of nitrogens with zero attached hydrogens (tertiary/aromatic N) is 2. The summed E-state index contributed by atoms with van der Waals surface area (Å²) >= 11 is 5.91. The number of halogens is 1. The van der Waals surface area contributed by atoms with Gasteiger partial charge < -0.3 is 4.98 Å². The molecular formula is C14H9ClN4O3S. The number of anilines is 1. The van der Waals surface area contributed by atoms with Crippen molar-refractivity contribution in [1.29, 1.82) is 0 Å². The fraction of sp³-hybridized carbons (Fsp3) is 0. The van der Waals surface area contributed by atoms with Crippen molar-refractivity contribution in [2.24, 2.45) is 0 Å². The summed E-state index contributed by atoms with van der Waals surface area (Å²) in [4.78, 5) is 3.05. The van der Waals surface area contributed by atoms with Gasteiger partial charge in [-0.25, -0.2) is 13.0 Å². The van der Waals surface area contributed by atoms with Gasteiger partial charge in [-0.2, -0.15) is 0 Å². The van der Waals surface area contributed by atoms with Gasteiger partial charge in [0.25, 0.3) is 10.0 Å². The Bertz CT molecular complexity index is 1130. The van der Waals surface area contributed by atoms with E-state index in [1.807, 2.05) is 0 Å². The Hall–Kier alpha value is -2.58. The first-order chi connectivity index (χ1) is 11.0. The van der Waals surface area contributed by atoms with E-state index in [-0.39, 0.29) is 4.90 Å². The third-order valence-corrected chi connectivity index (χ3v) is 5.06. The van der Waals surface area contributed by atoms with Crippen LogP contribution >= 0.6 is 11.6 Å². The first kappa shape index (κ1) is 14.0. The Morgan fingerprint density at radius 1 is 1.09 bits per heavy atom. The molecule has 2 N–H and O–H groups in total. The van der Waals surface area contributed by atoms with E-state index in [0.717, 1.165) is 0 Å². The van der Waals surface area contributed by atoms with Gasteiger partial charge in [0.05, 0.1) is 5.69 Å². The van der Waals surface area contributed by atoms with E-state index in [1.54, 1.807) is 36.4 Å². The zero-order chi connectivity index (χ0) is 16.0. The second-order valence-electron chi connectivity index (χ2n) is 4.92. The molecule has 2 aromatic heterocycles. The number of nitrogens with one attached hydrogen (secondary N) is 2. The van der Waals surface area contributed by atoms with Crippen LogP contribution < -0.4 is 4.72 Å². The maximum atomic E-state index is 12.6. The Kier molecular flexibility index (Phi) is 3.03. The standard InChI is InChI=1S/C14H9ClN4O3S/c15-8-1-3-10-12(5-8)16-7-14(10)23(20,21)19-9-2-4-11-13(6-9)18-22-17-11/h1-7,16,19H. The van der Waals surface area contributed by atoms with Gasteiger partial charge >= 0.3 is 0 Å². The normalized spacial score (nSPS) is 12.0. The molecule has 0 radical (unpaired) electrons. The summed E-state index contributed by atoms with van der Waals surface area (Å²) in [5, 5.41) is 8.45. The molecule has 2 aromatic carbocycles. The summed E-state index contributed by atoms with van der Waals surface area (Å²) in [5.74, 6) is 0. The van der Waals surface area contributed by atoms with E-state index in [9.17, 15) is 8.42 Å². The predicted molar refractivity (Wildman–Crippen MR) is 85.9 cm³/mol. The smallest absolute Gasteiger partial charge is 0.264 e. The van der Waals surface area contributed by atoms with Crippen LogP contribution in [-0.4, -0.2) is 23.7 Å². The van der Waals surface area contributed by atoms with Gasteiger partial charge in [0.15, 0.2) is 0 Å². The molecule has 116 valence electrons. The van der Waals surface area contributed by atoms with E-state index in [4.69, 9.17) is 11.6 Å². The SMILES string of the molecule is O=S(=O)(Nc1ccc2nonc2c1)c1c[nH]c2cc(Cl)ccc12. The number of hydrogen-bond donors (Lipinski definition) is 2. The van der Waals surface area contributed by atoms with Crippen LogP contribution in [-0.2, 0) is 10.0 Å². The largest absolute Gasteiger partial charge is 0.360 e. The molecule has 0 fully saturated rings. The van der Waals surface area contributed by atoms with Crippen LogP contribution in [0.4, 0.5) is 5.69 Å². The number of sulfonamides is 1. The molecule has 0 aliphatic heterocycles. The number of benzene rings is 2. The van der Waals surface area contributed by atoms with Gasteiger partial charge in [-0.05, 0) is 46.7 Å². The third-order valence-electron chi connectivity index (χ3n) is 3.40. The van der Waals surface area contributed by atoms with Crippen molar-refractivity contribution < 1.29 is 13.0 Å². The Morgan fingerprint density at radius 2 is 1.91 bits per heavy atom. The first-order valence-corrected chi connectivity index (χ1v) is 8.41. The highest BCUT2D eigenvalue weighted by atomic mass is 35.5. The van der Waals surface area contributed by atoms with Crippen molar-refractivity contribution in [3.63, 3.8) is 0 Å². The van der Waals surface area contributed by atoms with Gasteiger partial charge in [0, 0.05) is 22.1 Å². The molecule has 0 aliphatic rings. The first-order valence-electron chi connectivity index (χ1n) is 6.55. The molecule has 4 aromatic rings. The maximum Gasteiger partial charge on any atom is 0.264 e. The van der Waals surface area contributed by atoms with Crippen LogP contribution in [0.25, 0.3) is 21.9 Å². The zero-order valence-electron chi connectivity index (χ0n) is 11.4. The number of rotatable bonds is 3. The van der Waals surface area contributed by atoms with Crippen molar-refractivity contribution in [2.45, 2.75) is 4.90 Å². The molecule has 0 bridgehead atoms. The molecular weight excluding hydrogens is 340 g/mol. The lowest BCUT2D eigenvalue weighted by molar-refractivity contribution is 0.315. The molecule has 9 heteroatoms. The number of H-pyrrole nitrogens is 1. The summed E-state index contributed by atoms with van der Waals surface area (Å²) in [6, 6.07) is 9.74. The zero-order valence-corrected chi connectivity index (χ0v) is 13.0. The van der Waals surface area contributed by atoms with Gasteiger partial charge in [-0.15, -0.1) is 0 Å². The summed E-state index contributed by atoms with van der Waals surface area (Å²) in [6.45, 7) is 0. The maximum absolute atomic E-state index is 12.6. The van der Waals surface area contributed by atoms with Crippen molar-refractivity contribution in [1.82, 2.24) is 15.3 Å². The summed E-state index contributed by atoms with van der Waals surface area (Å²) in [5.41, 5.74) is 2.04. The van der Waals surface area contributed by atoms with E-state index in [2.05, 4.69) is 24.6 Å². The molecule has 0 atom stereocenters. The number of aromatic nitrogens is 3. The van der Waals surface area contributed by atoms with Crippen LogP contribution in [0, 0.1) is 0 Å². The molecule has 0 aliphatic carbocycles. The van der Waals surface area contributed by atoms with Crippen molar-refractivity contribution in [2.75, 3.05) is 4.72 Å². The van der Waals surface area contributed by atoms with Crippen LogP contribution in [0.1, 0.15) is 0 Å². The number of fused-ring (bicyclic) bond motifs is 2. The Morgan fingerprint density at radius 3 is 2.78 bits per heavy atom. The van der Waals surface area contributed by atoms with Crippen LogP contribution in [0.15, 0.2) is 52.1 Å². The third kappa shape index (κ3) is 2.41. The summed E-state index contributed by atoms with van der Waals surface area (Å²) < 4.78 is 32.3. The van der Waals surface area contributed by atoms with E-state index >= 15 is 0 Å². The van der Waals surface area contributed by atoms with Crippen LogP contribution in [0.2, 0.25) is 5.02 Å². The summed E-state index contributed by atoms with van der Waals surface area (Å²) in [7, 11) is -3.76. The van der Waals surface area contributed by atoms with E-state index in [0.29, 0.717) is 32.6 Å². The minimum Gasteiger partial charge on any atom is -0.360 e. The lowest BCUT2D eigenvalue weighted by Crippen LogP contribution is -2.12. The molecule has 7 nitrogen and oxygen atoms in total. The lowest BCUT2D eigenvalue weighted by Gasteiger charge is -2.06. The fourth-order valence-electron chi connectivity index (χ4n) is 2.35. The second kappa shape index (κ2) is 4.97. The molecule has 23 heavy (non-hydrogen) atoms. The molecule has 0 saturated heterocycles. The Balaban J connectivity index is 1.76. The lowest BCUT2D eigenvalue weighted by atomic mass is 10.2. The fourth-order valence-corrected chi connectivity index (χ4v) is 3.75. The number of aromatic amines is 1. The van der Waals surface area contributed by atoms with Crippen LogP contribution in [0.3, 0.4) is 0 Å². The predicted octanol–water partition coefficient (Wildman–Crippen LogP) is 3.16. The van der Waals surface area contributed by atoms with E-state index < -0.39 is 10.0 Å². The average Bonchev–Trinajstić information content (AvgIpc) is 3.12. The molecule has 0 unspecified atom stereocenters. The molecule has 0 saturated carbocycles. The Labute approximate surface area is 135 Å². The molecule has 4 rings (SSSR count). The van der Waals surface area contributed by atoms with Gasteiger partial charge in [0.1, 0.15) is 15.9 Å². The molecule has 0 amide bonds. The average molecular weight is 349 g/mol. The van der Waals surface area contributed by atoms with Crippen molar-refractivity contribution in [3.05, 3.63) is 47.6 Å². The highest BCUT2D eigenvalue weighted by molar-refractivity contribution is 7.93. The summed E-state index contributed by atoms with van der Waals surface area (Å²) in [6.07, 6.45) is 1.43. The highest BCUT2D eigenvalue weighted by Crippen LogP contribution is 2.27. The van der Waals surface area contributed by atoms with E-state index in [1.165, 1.54) is 6.20 Å². The van der Waals surface area contributed by atoms with Gasteiger partial charge in [0.2, 0.25) is 0 Å². The van der Waals surface area contributed by atoms with Gasteiger partial charge in [-0.3, -0.25) is 4.72 Å². The van der Waals surface area contributed by atoms with Crippen molar-refractivity contribution >= 4 is 49.2 Å². The minimum absolute atomic E-state index is 0.141. The van der Waals surface area contributed by atoms with Gasteiger partial charge in [-0.1, -0.05) is 11.6 Å². The monoisotopic (exact) mass is 348 g/mol. The van der Waals surface area contributed by atoms with Crippen molar-refractivity contribution in [3.8, 4) is 0 Å².